The molecule has 0 aliphatic carbocycles. The monoisotopic (exact) mass is 322 g/mol. The summed E-state index contributed by atoms with van der Waals surface area (Å²) in [5.41, 5.74) is 1.02. The lowest BCUT2D eigenvalue weighted by molar-refractivity contribution is -0.128. The Labute approximate surface area is 132 Å². The number of likely N-dealkylation sites (tertiary alicyclic amines) is 1. The molecule has 0 radical (unpaired) electrons. The smallest absolute Gasteiger partial charge is 0.219 e. The van der Waals surface area contributed by atoms with Crippen LogP contribution in [0.25, 0.3) is 0 Å². The van der Waals surface area contributed by atoms with Crippen molar-refractivity contribution >= 4 is 15.9 Å². The molecule has 0 saturated carbocycles. The largest absolute Gasteiger partial charge is 0.343 e. The summed E-state index contributed by atoms with van der Waals surface area (Å²) >= 11 is 0. The van der Waals surface area contributed by atoms with Crippen LogP contribution in [-0.4, -0.2) is 48.4 Å². The summed E-state index contributed by atoms with van der Waals surface area (Å²) in [7, 11) is -3.26. The van der Waals surface area contributed by atoms with Crippen molar-refractivity contribution < 1.29 is 13.2 Å². The molecule has 120 valence electrons. The van der Waals surface area contributed by atoms with Gasteiger partial charge in [0.15, 0.2) is 0 Å². The van der Waals surface area contributed by atoms with Gasteiger partial charge >= 0.3 is 0 Å². The van der Waals surface area contributed by atoms with E-state index in [4.69, 9.17) is 0 Å². The maximum Gasteiger partial charge on any atom is 0.219 e. The maximum absolute atomic E-state index is 12.8. The Hall–Kier alpha value is -1.40. The molecule has 2 aliphatic heterocycles. The summed E-state index contributed by atoms with van der Waals surface area (Å²) in [6, 6.07) is 9.71. The first kappa shape index (κ1) is 15.5. The van der Waals surface area contributed by atoms with Crippen molar-refractivity contribution in [1.82, 2.24) is 9.21 Å². The van der Waals surface area contributed by atoms with E-state index in [2.05, 4.69) is 0 Å². The van der Waals surface area contributed by atoms with Gasteiger partial charge in [-0.1, -0.05) is 30.3 Å². The minimum atomic E-state index is -3.26. The molecule has 6 heteroatoms. The van der Waals surface area contributed by atoms with Crippen LogP contribution >= 0.6 is 0 Å². The van der Waals surface area contributed by atoms with Crippen LogP contribution in [0.2, 0.25) is 0 Å². The standard InChI is InChI=1S/C16H22N2O3S/c1-13(19)17-9-7-15-12-18(11-14-5-3-2-4-6-14)22(20,21)16(15)8-10-17/h2-6,15-16H,7-12H2,1H3/t15-,16+/m0/s1. The zero-order chi connectivity index (χ0) is 15.7. The van der Waals surface area contributed by atoms with E-state index in [1.165, 1.54) is 0 Å². The Bertz CT molecular complexity index is 645. The van der Waals surface area contributed by atoms with Crippen LogP contribution in [0.3, 0.4) is 0 Å². The van der Waals surface area contributed by atoms with Gasteiger partial charge < -0.3 is 4.90 Å². The number of hydrogen-bond donors (Lipinski definition) is 0. The van der Waals surface area contributed by atoms with Crippen molar-refractivity contribution in [2.24, 2.45) is 5.92 Å². The predicted molar refractivity (Wildman–Crippen MR) is 84.5 cm³/mol. The molecule has 0 N–H and O–H groups in total. The lowest BCUT2D eigenvalue weighted by atomic mass is 10.0. The van der Waals surface area contributed by atoms with E-state index in [1.807, 2.05) is 30.3 Å². The maximum atomic E-state index is 12.8. The summed E-state index contributed by atoms with van der Waals surface area (Å²) in [4.78, 5) is 13.3. The van der Waals surface area contributed by atoms with Crippen LogP contribution in [-0.2, 0) is 21.4 Å². The molecule has 3 rings (SSSR count). The van der Waals surface area contributed by atoms with Gasteiger partial charge in [-0.05, 0) is 24.3 Å². The summed E-state index contributed by atoms with van der Waals surface area (Å²) < 4.78 is 27.2. The molecule has 2 saturated heterocycles. The molecule has 0 spiro atoms. The highest BCUT2D eigenvalue weighted by Gasteiger charge is 2.46. The van der Waals surface area contributed by atoms with Crippen molar-refractivity contribution in [1.29, 1.82) is 0 Å². The lowest BCUT2D eigenvalue weighted by Crippen LogP contribution is -2.33. The van der Waals surface area contributed by atoms with Crippen LogP contribution in [0.1, 0.15) is 25.3 Å². The normalized spacial score (nSPS) is 28.1. The zero-order valence-electron chi connectivity index (χ0n) is 12.8. The highest BCUT2D eigenvalue weighted by Crippen LogP contribution is 2.35. The first-order valence-corrected chi connectivity index (χ1v) is 9.27. The van der Waals surface area contributed by atoms with E-state index in [0.717, 1.165) is 12.0 Å². The Kier molecular flexibility index (Phi) is 4.23. The van der Waals surface area contributed by atoms with Gasteiger partial charge in [0.05, 0.1) is 5.25 Å². The quantitative estimate of drug-likeness (QED) is 0.828. The minimum Gasteiger partial charge on any atom is -0.343 e. The second-order valence-corrected chi connectivity index (χ2v) is 8.36. The fourth-order valence-electron chi connectivity index (χ4n) is 3.55. The van der Waals surface area contributed by atoms with Crippen LogP contribution in [0, 0.1) is 5.92 Å². The number of carbonyl (C=O) groups excluding carboxylic acids is 1. The van der Waals surface area contributed by atoms with Gasteiger partial charge in [0.2, 0.25) is 15.9 Å². The van der Waals surface area contributed by atoms with Crippen LogP contribution < -0.4 is 0 Å². The number of rotatable bonds is 2. The second-order valence-electron chi connectivity index (χ2n) is 6.21. The van der Waals surface area contributed by atoms with Crippen LogP contribution in [0.5, 0.6) is 0 Å². The van der Waals surface area contributed by atoms with Gasteiger partial charge in [0, 0.05) is 33.1 Å². The zero-order valence-corrected chi connectivity index (χ0v) is 13.6. The van der Waals surface area contributed by atoms with Crippen molar-refractivity contribution in [3.05, 3.63) is 35.9 Å². The number of fused-ring (bicyclic) bond motifs is 1. The van der Waals surface area contributed by atoms with E-state index in [1.54, 1.807) is 16.1 Å². The number of hydrogen-bond acceptors (Lipinski definition) is 3. The average Bonchev–Trinajstić information content (AvgIpc) is 2.65. The topological polar surface area (TPSA) is 57.7 Å². The van der Waals surface area contributed by atoms with E-state index in [-0.39, 0.29) is 17.1 Å². The fourth-order valence-corrected chi connectivity index (χ4v) is 5.78. The second kappa shape index (κ2) is 6.01. The Morgan fingerprint density at radius 2 is 1.86 bits per heavy atom. The van der Waals surface area contributed by atoms with E-state index < -0.39 is 10.0 Å². The molecular formula is C16H22N2O3S. The Morgan fingerprint density at radius 1 is 1.18 bits per heavy atom. The number of carbonyl (C=O) groups is 1. The molecule has 1 aromatic rings. The predicted octanol–water partition coefficient (Wildman–Crippen LogP) is 1.46. The van der Waals surface area contributed by atoms with E-state index >= 15 is 0 Å². The molecule has 22 heavy (non-hydrogen) atoms. The van der Waals surface area contributed by atoms with Gasteiger partial charge in [-0.3, -0.25) is 4.79 Å². The fraction of sp³-hybridized carbons (Fsp3) is 0.562. The van der Waals surface area contributed by atoms with Crippen molar-refractivity contribution in [3.63, 3.8) is 0 Å². The summed E-state index contributed by atoms with van der Waals surface area (Å²) in [5, 5.41) is -0.333. The molecule has 1 aromatic carbocycles. The summed E-state index contributed by atoms with van der Waals surface area (Å²) in [5.74, 6) is 0.177. The molecule has 0 unspecified atom stereocenters. The summed E-state index contributed by atoms with van der Waals surface area (Å²) in [6.45, 7) is 3.80. The number of benzene rings is 1. The number of amides is 1. The molecule has 0 bridgehead atoms. The molecule has 2 fully saturated rings. The Morgan fingerprint density at radius 3 is 2.55 bits per heavy atom. The van der Waals surface area contributed by atoms with E-state index in [9.17, 15) is 13.2 Å². The third-order valence-corrected chi connectivity index (χ3v) is 7.19. The molecule has 2 heterocycles. The third-order valence-electron chi connectivity index (χ3n) is 4.81. The van der Waals surface area contributed by atoms with Gasteiger partial charge in [-0.2, -0.15) is 4.31 Å². The first-order valence-electron chi connectivity index (χ1n) is 7.77. The SMILES string of the molecule is CC(=O)N1CC[C@H]2CN(Cc3ccccc3)S(=O)(=O)[C@@H]2CC1. The average molecular weight is 322 g/mol. The van der Waals surface area contributed by atoms with Crippen LogP contribution in [0.4, 0.5) is 0 Å². The van der Waals surface area contributed by atoms with Crippen LogP contribution in [0.15, 0.2) is 30.3 Å². The van der Waals surface area contributed by atoms with Gasteiger partial charge in [0.25, 0.3) is 0 Å². The minimum absolute atomic E-state index is 0.0403. The third kappa shape index (κ3) is 2.90. The molecule has 2 atom stereocenters. The van der Waals surface area contributed by atoms with Crippen molar-refractivity contribution in [2.45, 2.75) is 31.6 Å². The highest BCUT2D eigenvalue weighted by atomic mass is 32.2. The van der Waals surface area contributed by atoms with Gasteiger partial charge in [-0.25, -0.2) is 8.42 Å². The lowest BCUT2D eigenvalue weighted by Gasteiger charge is -2.20. The molecule has 1 amide bonds. The summed E-state index contributed by atoms with van der Waals surface area (Å²) in [6.07, 6.45) is 1.33. The molecule has 2 aliphatic rings. The highest BCUT2D eigenvalue weighted by molar-refractivity contribution is 7.90. The molecular weight excluding hydrogens is 300 g/mol. The number of nitrogens with zero attached hydrogens (tertiary/aromatic N) is 2. The number of sulfonamides is 1. The molecule has 5 nitrogen and oxygen atoms in total. The molecule has 0 aromatic heterocycles. The Balaban J connectivity index is 1.75. The van der Waals surface area contributed by atoms with Crippen molar-refractivity contribution in [3.8, 4) is 0 Å². The van der Waals surface area contributed by atoms with Gasteiger partial charge in [-0.15, -0.1) is 0 Å². The van der Waals surface area contributed by atoms with Crippen molar-refractivity contribution in [2.75, 3.05) is 19.6 Å². The first-order chi connectivity index (χ1) is 10.5. The van der Waals surface area contributed by atoms with Gasteiger partial charge in [0.1, 0.15) is 0 Å². The van der Waals surface area contributed by atoms with E-state index in [0.29, 0.717) is 32.6 Å².